The summed E-state index contributed by atoms with van der Waals surface area (Å²) in [6.45, 7) is 3.25. The number of ketones is 1. The fourth-order valence-electron chi connectivity index (χ4n) is 6.59. The predicted molar refractivity (Wildman–Crippen MR) is 193 cm³/mol. The van der Waals surface area contributed by atoms with Gasteiger partial charge in [0.1, 0.15) is 30.0 Å². The minimum absolute atomic E-state index is 0.0408. The van der Waals surface area contributed by atoms with Gasteiger partial charge in [-0.15, -0.1) is 0 Å². The fourth-order valence-corrected chi connectivity index (χ4v) is 6.73. The third-order valence-electron chi connectivity index (χ3n) is 9.53. The number of piperazine rings is 1. The van der Waals surface area contributed by atoms with Crippen LogP contribution in [0, 0.1) is 0 Å². The second-order valence-corrected chi connectivity index (χ2v) is 13.6. The molecule has 2 fully saturated rings. The van der Waals surface area contributed by atoms with E-state index in [1.54, 1.807) is 31.3 Å². The lowest BCUT2D eigenvalue weighted by Crippen LogP contribution is -2.54. The van der Waals surface area contributed by atoms with Crippen molar-refractivity contribution in [1.29, 1.82) is 0 Å². The van der Waals surface area contributed by atoms with Crippen LogP contribution in [0.4, 0.5) is 17.5 Å². The summed E-state index contributed by atoms with van der Waals surface area (Å²) in [5.74, 6) is -1.20. The number of amides is 4. The molecule has 0 spiro atoms. The van der Waals surface area contributed by atoms with Crippen LogP contribution in [0.15, 0.2) is 53.5 Å². The van der Waals surface area contributed by atoms with E-state index in [9.17, 15) is 28.8 Å². The zero-order valence-corrected chi connectivity index (χ0v) is 29.8. The zero-order chi connectivity index (χ0) is 37.6. The number of carbonyl (C=O) groups is 5. The third-order valence-corrected chi connectivity index (χ3v) is 9.81. The quantitative estimate of drug-likeness (QED) is 0.226. The molecule has 2 N–H and O–H groups in total. The number of hydrogen-bond donors (Lipinski definition) is 2. The molecule has 4 aromatic rings. The molecule has 5 heterocycles. The molecule has 0 radical (unpaired) electrons. The molecule has 16 nitrogen and oxygen atoms in total. The summed E-state index contributed by atoms with van der Waals surface area (Å²) in [5, 5.41) is 6.45. The van der Waals surface area contributed by atoms with Gasteiger partial charge < -0.3 is 24.3 Å². The normalized spacial score (nSPS) is 19.0. The van der Waals surface area contributed by atoms with Crippen LogP contribution in [0.3, 0.4) is 0 Å². The van der Waals surface area contributed by atoms with E-state index in [-0.39, 0.29) is 60.3 Å². The molecule has 2 saturated heterocycles. The van der Waals surface area contributed by atoms with Crippen molar-refractivity contribution < 1.29 is 33.4 Å². The third kappa shape index (κ3) is 7.02. The topological polar surface area (TPSA) is 185 Å². The predicted octanol–water partition coefficient (Wildman–Crippen LogP) is 2.29. The van der Waals surface area contributed by atoms with E-state index in [0.29, 0.717) is 58.8 Å². The minimum atomic E-state index is -1.05. The highest BCUT2D eigenvalue weighted by atomic mass is 35.5. The number of aromatic nitrogens is 3. The Balaban J connectivity index is 1.03. The molecular weight excluding hydrogens is 708 g/mol. The number of nitrogens with one attached hydrogen (secondary N) is 2. The number of pyridine rings is 1. The number of piperidine rings is 1. The molecule has 0 aliphatic carbocycles. The summed E-state index contributed by atoms with van der Waals surface area (Å²) in [7, 11) is 3.62. The second kappa shape index (κ2) is 14.3. The first-order chi connectivity index (χ1) is 25.4. The standard InChI is InChI=1S/C36H35ClN8O8/c1-19(46)17-53-29-13-20-12-21(4-7-27(20)43(3)35(29)51)39-31-26(37)15-38-36(41-31)44-11-10-42(2)22(16-44)18-52-23-5-6-24-25(14-23)34(50)45(33(24)49)28-8-9-30(47)40-32(28)48/h4-7,12-15,22,28H,8-11,16-18H2,1-3H3,(H,38,39,41)(H,40,47,48). The number of anilines is 3. The number of Topliss-reactive ketones (excluding diaryl/α,β-unsaturated/α-hetero) is 1. The van der Waals surface area contributed by atoms with Gasteiger partial charge in [-0.1, -0.05) is 11.6 Å². The Labute approximate surface area is 307 Å². The maximum atomic E-state index is 13.3. The van der Waals surface area contributed by atoms with Crippen molar-refractivity contribution in [3.8, 4) is 11.5 Å². The number of benzene rings is 2. The lowest BCUT2D eigenvalue weighted by atomic mass is 10.0. The van der Waals surface area contributed by atoms with Gasteiger partial charge in [0.2, 0.25) is 17.8 Å². The Morgan fingerprint density at radius 1 is 1.00 bits per heavy atom. The van der Waals surface area contributed by atoms with E-state index < -0.39 is 29.7 Å². The number of imide groups is 2. The minimum Gasteiger partial charge on any atom is -0.492 e. The Hall–Kier alpha value is -5.87. The molecule has 4 amide bonds. The van der Waals surface area contributed by atoms with Gasteiger partial charge in [0.05, 0.1) is 28.9 Å². The van der Waals surface area contributed by atoms with Crippen LogP contribution in [0.5, 0.6) is 11.5 Å². The van der Waals surface area contributed by atoms with Crippen molar-refractivity contribution in [2.24, 2.45) is 7.05 Å². The summed E-state index contributed by atoms with van der Waals surface area (Å²) in [6, 6.07) is 10.5. The number of aryl methyl sites for hydroxylation is 1. The number of likely N-dealkylation sites (N-methyl/N-ethyl adjacent to an activating group) is 1. The van der Waals surface area contributed by atoms with Crippen LogP contribution in [-0.2, 0) is 21.4 Å². The molecule has 274 valence electrons. The summed E-state index contributed by atoms with van der Waals surface area (Å²) in [5.41, 5.74) is 1.29. The number of hydrogen-bond acceptors (Lipinski definition) is 13. The molecule has 7 rings (SSSR count). The van der Waals surface area contributed by atoms with Crippen molar-refractivity contribution in [3.05, 3.63) is 75.2 Å². The Morgan fingerprint density at radius 3 is 2.57 bits per heavy atom. The number of carbonyl (C=O) groups excluding carboxylic acids is 5. The zero-order valence-electron chi connectivity index (χ0n) is 29.1. The first kappa shape index (κ1) is 35.5. The van der Waals surface area contributed by atoms with E-state index in [1.807, 2.05) is 18.0 Å². The van der Waals surface area contributed by atoms with Crippen LogP contribution in [0.2, 0.25) is 5.02 Å². The first-order valence-electron chi connectivity index (χ1n) is 16.9. The van der Waals surface area contributed by atoms with Gasteiger partial charge >= 0.3 is 0 Å². The van der Waals surface area contributed by atoms with Crippen molar-refractivity contribution in [1.82, 2.24) is 29.7 Å². The fraction of sp³-hybridized carbons (Fsp3) is 0.333. The Bertz CT molecular complexity index is 2260. The second-order valence-electron chi connectivity index (χ2n) is 13.2. The number of halogens is 1. The average Bonchev–Trinajstić information content (AvgIpc) is 3.37. The van der Waals surface area contributed by atoms with Crippen molar-refractivity contribution in [2.75, 3.05) is 50.1 Å². The molecule has 2 atom stereocenters. The van der Waals surface area contributed by atoms with Gasteiger partial charge in [-0.25, -0.2) is 4.98 Å². The van der Waals surface area contributed by atoms with Gasteiger partial charge in [-0.3, -0.25) is 43.9 Å². The van der Waals surface area contributed by atoms with Crippen LogP contribution >= 0.6 is 11.6 Å². The average molecular weight is 743 g/mol. The van der Waals surface area contributed by atoms with Crippen molar-refractivity contribution >= 4 is 69.4 Å². The maximum absolute atomic E-state index is 13.3. The largest absolute Gasteiger partial charge is 0.492 e. The smallest absolute Gasteiger partial charge is 0.293 e. The van der Waals surface area contributed by atoms with E-state index in [0.717, 1.165) is 4.90 Å². The summed E-state index contributed by atoms with van der Waals surface area (Å²) < 4.78 is 13.0. The molecule has 2 aromatic heterocycles. The lowest BCUT2D eigenvalue weighted by molar-refractivity contribution is -0.136. The highest BCUT2D eigenvalue weighted by Gasteiger charge is 2.44. The maximum Gasteiger partial charge on any atom is 0.293 e. The summed E-state index contributed by atoms with van der Waals surface area (Å²) in [6.07, 6.45) is 1.64. The van der Waals surface area contributed by atoms with Crippen LogP contribution < -0.4 is 30.6 Å². The number of ether oxygens (including phenoxy) is 2. The number of rotatable bonds is 10. The molecule has 3 aliphatic rings. The van der Waals surface area contributed by atoms with Crippen LogP contribution in [0.25, 0.3) is 10.9 Å². The first-order valence-corrected chi connectivity index (χ1v) is 17.2. The molecule has 17 heteroatoms. The van der Waals surface area contributed by atoms with Gasteiger partial charge in [-0.2, -0.15) is 4.98 Å². The van der Waals surface area contributed by atoms with E-state index in [2.05, 4.69) is 20.5 Å². The highest BCUT2D eigenvalue weighted by Crippen LogP contribution is 2.31. The van der Waals surface area contributed by atoms with E-state index in [1.165, 1.54) is 29.8 Å². The summed E-state index contributed by atoms with van der Waals surface area (Å²) >= 11 is 6.53. The van der Waals surface area contributed by atoms with Gasteiger partial charge in [-0.05, 0) is 62.9 Å². The molecule has 53 heavy (non-hydrogen) atoms. The van der Waals surface area contributed by atoms with E-state index in [4.69, 9.17) is 26.1 Å². The van der Waals surface area contributed by atoms with Crippen LogP contribution in [-0.4, -0.2) is 106 Å². The van der Waals surface area contributed by atoms with Gasteiger partial charge in [0.25, 0.3) is 17.4 Å². The van der Waals surface area contributed by atoms with Gasteiger partial charge in [0, 0.05) is 44.2 Å². The SMILES string of the molecule is CC(=O)COc1cc2cc(Nc3nc(N4CCN(C)C(COc5ccc6c(c5)C(=O)N(C5CCC(=O)NC5=O)C6=O)C4)ncc3Cl)ccc2n(C)c1=O. The molecule has 3 aliphatic heterocycles. The Morgan fingerprint density at radius 2 is 1.79 bits per heavy atom. The highest BCUT2D eigenvalue weighted by molar-refractivity contribution is 6.33. The molecular formula is C36H35ClN8O8. The summed E-state index contributed by atoms with van der Waals surface area (Å²) in [4.78, 5) is 88.8. The monoisotopic (exact) mass is 742 g/mol. The molecule has 2 unspecified atom stereocenters. The molecule has 0 bridgehead atoms. The lowest BCUT2D eigenvalue weighted by Gasteiger charge is -2.39. The van der Waals surface area contributed by atoms with Crippen molar-refractivity contribution in [2.45, 2.75) is 31.8 Å². The molecule has 2 aromatic carbocycles. The van der Waals surface area contributed by atoms with E-state index >= 15 is 0 Å². The van der Waals surface area contributed by atoms with Gasteiger partial charge in [0.15, 0.2) is 17.4 Å². The van der Waals surface area contributed by atoms with Crippen molar-refractivity contribution in [3.63, 3.8) is 0 Å². The Kier molecular flexibility index (Phi) is 9.57. The number of nitrogens with zero attached hydrogens (tertiary/aromatic N) is 6. The van der Waals surface area contributed by atoms with Crippen LogP contribution in [0.1, 0.15) is 40.5 Å². The molecule has 0 saturated carbocycles. The number of fused-ring (bicyclic) bond motifs is 2.